The van der Waals surface area contributed by atoms with Crippen LogP contribution in [0.1, 0.15) is 52.9 Å². The number of likely N-dealkylation sites (tertiary alicyclic amines) is 1. The van der Waals surface area contributed by atoms with E-state index in [1.54, 1.807) is 18.9 Å². The molecule has 8 nitrogen and oxygen atoms in total. The van der Waals surface area contributed by atoms with Crippen LogP contribution < -0.4 is 10.1 Å². The lowest BCUT2D eigenvalue weighted by Crippen LogP contribution is -2.46. The van der Waals surface area contributed by atoms with E-state index in [1.807, 2.05) is 32.0 Å². The van der Waals surface area contributed by atoms with Gasteiger partial charge in [0.1, 0.15) is 11.8 Å². The second kappa shape index (κ2) is 9.16. The van der Waals surface area contributed by atoms with Gasteiger partial charge in [0.25, 0.3) is 11.6 Å². The number of benzene rings is 2. The van der Waals surface area contributed by atoms with Gasteiger partial charge in [0.2, 0.25) is 5.91 Å². The number of nitro benzene ring substituents is 1. The molecular formula is C23H27N3O5. The number of carbonyl (C=O) groups is 2. The summed E-state index contributed by atoms with van der Waals surface area (Å²) < 4.78 is 5.42. The highest BCUT2D eigenvalue weighted by Gasteiger charge is 2.35. The van der Waals surface area contributed by atoms with E-state index in [-0.39, 0.29) is 23.5 Å². The Morgan fingerprint density at radius 2 is 1.97 bits per heavy atom. The second-order valence-corrected chi connectivity index (χ2v) is 7.89. The van der Waals surface area contributed by atoms with Crippen LogP contribution in [0.2, 0.25) is 0 Å². The summed E-state index contributed by atoms with van der Waals surface area (Å²) in [6.07, 6.45) is 1.29. The van der Waals surface area contributed by atoms with E-state index in [0.717, 1.165) is 17.5 Å². The largest absolute Gasteiger partial charge is 0.496 e. The summed E-state index contributed by atoms with van der Waals surface area (Å²) in [5.41, 5.74) is 2.65. The molecule has 1 N–H and O–H groups in total. The Bertz CT molecular complexity index is 1020. The smallest absolute Gasteiger partial charge is 0.272 e. The number of amides is 2. The molecule has 2 amide bonds. The van der Waals surface area contributed by atoms with Gasteiger partial charge in [0, 0.05) is 29.3 Å². The molecule has 0 aliphatic carbocycles. The molecule has 0 spiro atoms. The normalized spacial score (nSPS) is 16.6. The van der Waals surface area contributed by atoms with Crippen LogP contribution in [0.3, 0.4) is 0 Å². The number of hydrogen-bond donors (Lipinski definition) is 1. The van der Waals surface area contributed by atoms with Gasteiger partial charge < -0.3 is 15.0 Å². The topological polar surface area (TPSA) is 102 Å². The standard InChI is InChI=1S/C23H27N3O5/c1-14-7-10-21(31-4)18(12-14)16(3)24-22(27)20-6-5-11-25(20)23(28)17-8-9-19(26(29)30)15(2)13-17/h7-10,12-13,16,20H,5-6,11H2,1-4H3,(H,24,27)/t16-,20-/m0/s1. The molecule has 1 heterocycles. The van der Waals surface area contributed by atoms with Gasteiger partial charge in [-0.1, -0.05) is 17.7 Å². The van der Waals surface area contributed by atoms with E-state index < -0.39 is 11.0 Å². The molecular weight excluding hydrogens is 398 g/mol. The summed E-state index contributed by atoms with van der Waals surface area (Å²) in [7, 11) is 1.59. The van der Waals surface area contributed by atoms with E-state index in [9.17, 15) is 19.7 Å². The zero-order chi connectivity index (χ0) is 22.7. The van der Waals surface area contributed by atoms with E-state index >= 15 is 0 Å². The van der Waals surface area contributed by atoms with E-state index in [1.165, 1.54) is 18.2 Å². The van der Waals surface area contributed by atoms with Crippen LogP contribution in [0.4, 0.5) is 5.69 Å². The van der Waals surface area contributed by atoms with Gasteiger partial charge in [0.05, 0.1) is 18.1 Å². The van der Waals surface area contributed by atoms with Crippen molar-refractivity contribution in [2.24, 2.45) is 0 Å². The van der Waals surface area contributed by atoms with Crippen LogP contribution in [0, 0.1) is 24.0 Å². The van der Waals surface area contributed by atoms with E-state index in [4.69, 9.17) is 4.74 Å². The Morgan fingerprint density at radius 1 is 1.23 bits per heavy atom. The minimum Gasteiger partial charge on any atom is -0.496 e. The average molecular weight is 425 g/mol. The van der Waals surface area contributed by atoms with E-state index in [2.05, 4.69) is 5.32 Å². The Labute approximate surface area is 181 Å². The lowest BCUT2D eigenvalue weighted by Gasteiger charge is -2.26. The van der Waals surface area contributed by atoms with Crippen molar-refractivity contribution in [1.29, 1.82) is 0 Å². The number of methoxy groups -OCH3 is 1. The first-order valence-electron chi connectivity index (χ1n) is 10.2. The summed E-state index contributed by atoms with van der Waals surface area (Å²) in [6.45, 7) is 5.92. The van der Waals surface area contributed by atoms with Crippen molar-refractivity contribution in [2.45, 2.75) is 45.7 Å². The molecule has 1 saturated heterocycles. The van der Waals surface area contributed by atoms with Crippen LogP contribution in [0.25, 0.3) is 0 Å². The fraction of sp³-hybridized carbons (Fsp3) is 0.391. The Hall–Kier alpha value is -3.42. The number of aryl methyl sites for hydroxylation is 2. The summed E-state index contributed by atoms with van der Waals surface area (Å²) >= 11 is 0. The highest BCUT2D eigenvalue weighted by Crippen LogP contribution is 2.28. The molecule has 0 unspecified atom stereocenters. The molecule has 2 aromatic carbocycles. The van der Waals surface area contributed by atoms with Gasteiger partial charge in [-0.25, -0.2) is 0 Å². The number of carbonyl (C=O) groups excluding carboxylic acids is 2. The van der Waals surface area contributed by atoms with Crippen molar-refractivity contribution in [3.8, 4) is 5.75 Å². The van der Waals surface area contributed by atoms with Crippen molar-refractivity contribution in [3.05, 3.63) is 68.8 Å². The molecule has 0 saturated carbocycles. The van der Waals surface area contributed by atoms with Gasteiger partial charge >= 0.3 is 0 Å². The monoisotopic (exact) mass is 425 g/mol. The first-order valence-corrected chi connectivity index (χ1v) is 10.2. The molecule has 2 atom stereocenters. The molecule has 0 aromatic heterocycles. The maximum Gasteiger partial charge on any atom is 0.272 e. The summed E-state index contributed by atoms with van der Waals surface area (Å²) in [5.74, 6) is 0.177. The fourth-order valence-electron chi connectivity index (χ4n) is 4.02. The third-order valence-corrected chi connectivity index (χ3v) is 5.67. The van der Waals surface area contributed by atoms with Crippen molar-refractivity contribution in [2.75, 3.05) is 13.7 Å². The quantitative estimate of drug-likeness (QED) is 0.562. The molecule has 0 radical (unpaired) electrons. The van der Waals surface area contributed by atoms with Crippen molar-refractivity contribution in [3.63, 3.8) is 0 Å². The SMILES string of the molecule is COc1ccc(C)cc1[C@H](C)NC(=O)[C@@H]1CCCN1C(=O)c1ccc([N+](=O)[O-])c(C)c1. The van der Waals surface area contributed by atoms with E-state index in [0.29, 0.717) is 29.8 Å². The summed E-state index contributed by atoms with van der Waals surface area (Å²) in [4.78, 5) is 38.2. The minimum atomic E-state index is -0.582. The lowest BCUT2D eigenvalue weighted by molar-refractivity contribution is -0.385. The van der Waals surface area contributed by atoms with Crippen molar-refractivity contribution >= 4 is 17.5 Å². The molecule has 2 aromatic rings. The first kappa shape index (κ1) is 22.3. The highest BCUT2D eigenvalue weighted by atomic mass is 16.6. The number of rotatable bonds is 6. The average Bonchev–Trinajstić information content (AvgIpc) is 3.22. The maximum absolute atomic E-state index is 13.1. The molecule has 8 heteroatoms. The second-order valence-electron chi connectivity index (χ2n) is 7.89. The van der Waals surface area contributed by atoms with Crippen molar-refractivity contribution in [1.82, 2.24) is 10.2 Å². The maximum atomic E-state index is 13.1. The lowest BCUT2D eigenvalue weighted by atomic mass is 10.0. The number of hydrogen-bond acceptors (Lipinski definition) is 5. The third kappa shape index (κ3) is 4.68. The molecule has 164 valence electrons. The Kier molecular flexibility index (Phi) is 6.58. The fourth-order valence-corrected chi connectivity index (χ4v) is 4.02. The highest BCUT2D eigenvalue weighted by molar-refractivity contribution is 5.98. The zero-order valence-corrected chi connectivity index (χ0v) is 18.2. The van der Waals surface area contributed by atoms with Crippen molar-refractivity contribution < 1.29 is 19.2 Å². The minimum absolute atomic E-state index is 0.0341. The number of nitrogens with one attached hydrogen (secondary N) is 1. The predicted molar refractivity (Wildman–Crippen MR) is 116 cm³/mol. The molecule has 1 aliphatic heterocycles. The number of ether oxygens (including phenoxy) is 1. The third-order valence-electron chi connectivity index (χ3n) is 5.67. The molecule has 31 heavy (non-hydrogen) atoms. The van der Waals surface area contributed by atoms with Gasteiger partial charge in [-0.05, 0) is 51.8 Å². The van der Waals surface area contributed by atoms with Crippen LogP contribution in [-0.4, -0.2) is 41.3 Å². The Balaban J connectivity index is 1.76. The van der Waals surface area contributed by atoms with Crippen LogP contribution in [0.15, 0.2) is 36.4 Å². The summed E-state index contributed by atoms with van der Waals surface area (Å²) in [6, 6.07) is 9.20. The van der Waals surface area contributed by atoms with Gasteiger partial charge in [-0.15, -0.1) is 0 Å². The summed E-state index contributed by atoms with van der Waals surface area (Å²) in [5, 5.41) is 14.0. The Morgan fingerprint density at radius 3 is 2.61 bits per heavy atom. The van der Waals surface area contributed by atoms with Crippen LogP contribution in [0.5, 0.6) is 5.75 Å². The van der Waals surface area contributed by atoms with Gasteiger partial charge in [-0.3, -0.25) is 19.7 Å². The molecule has 1 aliphatic rings. The molecule has 0 bridgehead atoms. The number of nitro groups is 1. The number of nitrogens with zero attached hydrogens (tertiary/aromatic N) is 2. The van der Waals surface area contributed by atoms with Crippen LogP contribution >= 0.6 is 0 Å². The van der Waals surface area contributed by atoms with Crippen LogP contribution in [-0.2, 0) is 4.79 Å². The van der Waals surface area contributed by atoms with Gasteiger partial charge in [-0.2, -0.15) is 0 Å². The molecule has 1 fully saturated rings. The molecule has 3 rings (SSSR count). The van der Waals surface area contributed by atoms with Gasteiger partial charge in [0.15, 0.2) is 0 Å². The predicted octanol–water partition coefficient (Wildman–Crippen LogP) is 3.70. The first-order chi connectivity index (χ1) is 14.7. The zero-order valence-electron chi connectivity index (χ0n) is 18.2.